The largest absolute Gasteiger partial charge is 0.416 e. The van der Waals surface area contributed by atoms with Gasteiger partial charge in [0.15, 0.2) is 4.34 Å². The number of thioether (sulfide) groups is 1. The average Bonchev–Trinajstić information content (AvgIpc) is 3.50. The van der Waals surface area contributed by atoms with Crippen molar-refractivity contribution in [1.29, 1.82) is 5.26 Å². The van der Waals surface area contributed by atoms with Crippen LogP contribution in [0.3, 0.4) is 0 Å². The van der Waals surface area contributed by atoms with Gasteiger partial charge >= 0.3 is 6.18 Å². The zero-order chi connectivity index (χ0) is 19.9. The summed E-state index contributed by atoms with van der Waals surface area (Å²) in [5, 5.41) is 21.3. The number of aryl methyl sites for hydroxylation is 1. The number of nitrogens with zero attached hydrogens (tertiary/aromatic N) is 3. The van der Waals surface area contributed by atoms with E-state index in [9.17, 15) is 18.4 Å². The highest BCUT2D eigenvalue weighted by Crippen LogP contribution is 2.36. The van der Waals surface area contributed by atoms with Crippen LogP contribution in [0.15, 0.2) is 28.6 Å². The minimum absolute atomic E-state index is 0.0405. The smallest absolute Gasteiger partial charge is 0.304 e. The zero-order valence-electron chi connectivity index (χ0n) is 14.8. The van der Waals surface area contributed by atoms with Crippen molar-refractivity contribution in [3.8, 4) is 6.07 Å². The molecule has 1 saturated carbocycles. The third kappa shape index (κ3) is 3.91. The molecule has 4 rings (SSSR count). The summed E-state index contributed by atoms with van der Waals surface area (Å²) in [6.07, 6.45) is -2.29. The second-order valence-electron chi connectivity index (χ2n) is 6.61. The van der Waals surface area contributed by atoms with E-state index in [0.717, 1.165) is 45.0 Å². The number of hydrogen-bond donors (Lipinski definition) is 2. The van der Waals surface area contributed by atoms with Crippen LogP contribution in [0.4, 0.5) is 13.2 Å². The average molecular weight is 423 g/mol. The van der Waals surface area contributed by atoms with E-state index in [1.807, 2.05) is 23.7 Å². The Morgan fingerprint density at radius 1 is 1.32 bits per heavy atom. The summed E-state index contributed by atoms with van der Waals surface area (Å²) < 4.78 is 42.3. The molecule has 0 atom stereocenters. The zero-order valence-corrected chi connectivity index (χ0v) is 16.4. The highest BCUT2D eigenvalue weighted by Gasteiger charge is 2.31. The van der Waals surface area contributed by atoms with Crippen LogP contribution in [-0.4, -0.2) is 20.0 Å². The number of hydrogen-bond acceptors (Lipinski definition) is 4. The molecule has 0 spiro atoms. The topological polar surface area (TPSA) is 73.2 Å². The van der Waals surface area contributed by atoms with Gasteiger partial charge in [0.2, 0.25) is 0 Å². The Balaban J connectivity index is 1.64. The Kier molecular flexibility index (Phi) is 4.89. The molecule has 0 aromatic heterocycles. The van der Waals surface area contributed by atoms with Gasteiger partial charge < -0.3 is 5.10 Å². The number of nitriles is 1. The first-order valence-corrected chi connectivity index (χ1v) is 10.4. The second kappa shape index (κ2) is 7.22. The van der Waals surface area contributed by atoms with Crippen LogP contribution in [0.5, 0.6) is 0 Å². The van der Waals surface area contributed by atoms with Gasteiger partial charge in [0.1, 0.15) is 4.66 Å². The van der Waals surface area contributed by atoms with Gasteiger partial charge in [0.05, 0.1) is 28.6 Å². The lowest BCUT2D eigenvalue weighted by Crippen LogP contribution is -2.07. The number of benzene rings is 1. The Bertz CT molecular complexity index is 1160. The fourth-order valence-corrected chi connectivity index (χ4v) is 4.80. The number of nitrogens with one attached hydrogen (secondary N) is 2. The third-order valence-electron chi connectivity index (χ3n) is 4.39. The van der Waals surface area contributed by atoms with E-state index in [4.69, 9.17) is 5.10 Å². The molecule has 1 aromatic carbocycles. The van der Waals surface area contributed by atoms with Crippen LogP contribution in [0.1, 0.15) is 41.3 Å². The quantitative estimate of drug-likeness (QED) is 0.561. The molecule has 2 N–H and O–H groups in total. The van der Waals surface area contributed by atoms with Gasteiger partial charge in [-0.05, 0) is 43.5 Å². The molecule has 0 radical (unpaired) electrons. The molecule has 3 aliphatic rings. The fraction of sp³-hybridized carbons (Fsp3) is 0.333. The Labute approximate surface area is 166 Å². The molecule has 1 aromatic rings. The van der Waals surface area contributed by atoms with Crippen LogP contribution in [0.25, 0.3) is 0 Å². The molecule has 0 saturated heterocycles. The number of H-pyrrole nitrogens is 2. The molecule has 0 amide bonds. The highest BCUT2D eigenvalue weighted by atomic mass is 32.2. The second-order valence-corrected chi connectivity index (χ2v) is 8.83. The molecule has 5 nitrogen and oxygen atoms in total. The highest BCUT2D eigenvalue weighted by molar-refractivity contribution is 8.00. The lowest BCUT2D eigenvalue weighted by Gasteiger charge is -2.11. The predicted octanol–water partition coefficient (Wildman–Crippen LogP) is 5.28. The molecule has 0 bridgehead atoms. The lowest BCUT2D eigenvalue weighted by molar-refractivity contribution is -0.137. The van der Waals surface area contributed by atoms with E-state index in [0.29, 0.717) is 17.4 Å². The van der Waals surface area contributed by atoms with E-state index in [1.165, 1.54) is 29.2 Å². The van der Waals surface area contributed by atoms with E-state index >= 15 is 0 Å². The van der Waals surface area contributed by atoms with E-state index < -0.39 is 11.7 Å². The van der Waals surface area contributed by atoms with Crippen LogP contribution >= 0.6 is 23.1 Å². The van der Waals surface area contributed by atoms with Crippen molar-refractivity contribution in [3.63, 3.8) is 0 Å². The third-order valence-corrected chi connectivity index (χ3v) is 6.55. The standard InChI is InChI=1S/C18H16F3N5S2/c1-10-6-15-16(24-23-10)28-17(25-26(15)14-4-5-14)27-9-11-2-3-13(18(19,20)21)7-12(11)8-22/h2-3,6-7,14,23-24H,4-5,9H2,1H3. The summed E-state index contributed by atoms with van der Waals surface area (Å²) in [5.74, 6) is 0.371. The van der Waals surface area contributed by atoms with Gasteiger partial charge in [0.25, 0.3) is 0 Å². The molecule has 28 heavy (non-hydrogen) atoms. The van der Waals surface area contributed by atoms with Gasteiger partial charge in [0, 0.05) is 11.4 Å². The van der Waals surface area contributed by atoms with Crippen molar-refractivity contribution in [2.24, 2.45) is 0 Å². The molecule has 146 valence electrons. The molecular formula is C18H16F3N5S2. The van der Waals surface area contributed by atoms with Crippen molar-refractivity contribution < 1.29 is 13.2 Å². The number of alkyl halides is 3. The minimum Gasteiger partial charge on any atom is -0.304 e. The maximum atomic E-state index is 12.9. The van der Waals surface area contributed by atoms with Gasteiger partial charge in [-0.15, -0.1) is 0 Å². The van der Waals surface area contributed by atoms with Crippen molar-refractivity contribution in [1.82, 2.24) is 20.0 Å². The molecule has 0 unspecified atom stereocenters. The summed E-state index contributed by atoms with van der Waals surface area (Å²) in [6.45, 7) is 1.97. The first kappa shape index (κ1) is 19.0. The molecular weight excluding hydrogens is 407 g/mol. The predicted molar refractivity (Wildman–Crippen MR) is 100 cm³/mol. The van der Waals surface area contributed by atoms with Crippen LogP contribution in [0, 0.1) is 28.3 Å². The van der Waals surface area contributed by atoms with Gasteiger partial charge in [-0.3, -0.25) is 9.78 Å². The number of halogens is 3. The van der Waals surface area contributed by atoms with Crippen molar-refractivity contribution in [2.75, 3.05) is 0 Å². The Hall–Kier alpha value is -2.38. The van der Waals surface area contributed by atoms with E-state index in [1.54, 1.807) is 0 Å². The first-order valence-electron chi connectivity index (χ1n) is 8.58. The van der Waals surface area contributed by atoms with E-state index in [-0.39, 0.29) is 5.56 Å². The van der Waals surface area contributed by atoms with Crippen molar-refractivity contribution in [2.45, 2.75) is 42.1 Å². The monoisotopic (exact) mass is 423 g/mol. The normalized spacial score (nSPS) is 14.2. The molecule has 10 heteroatoms. The van der Waals surface area contributed by atoms with Gasteiger partial charge in [-0.2, -0.15) is 23.5 Å². The molecule has 1 aliphatic carbocycles. The van der Waals surface area contributed by atoms with Crippen LogP contribution < -0.4 is 0 Å². The summed E-state index contributed by atoms with van der Waals surface area (Å²) in [4.78, 5) is 0. The summed E-state index contributed by atoms with van der Waals surface area (Å²) in [5.41, 5.74) is 0.793. The number of aromatic amines is 2. The van der Waals surface area contributed by atoms with Gasteiger partial charge in [-0.25, -0.2) is 0 Å². The molecule has 2 aliphatic heterocycles. The number of aromatic nitrogens is 4. The minimum atomic E-state index is -4.46. The maximum absolute atomic E-state index is 12.9. The van der Waals surface area contributed by atoms with E-state index in [2.05, 4.69) is 10.2 Å². The fourth-order valence-electron chi connectivity index (χ4n) is 2.80. The molecule has 2 heterocycles. The summed E-state index contributed by atoms with van der Waals surface area (Å²) >= 11 is 2.89. The Morgan fingerprint density at radius 2 is 2.11 bits per heavy atom. The lowest BCUT2D eigenvalue weighted by atomic mass is 10.1. The summed E-state index contributed by atoms with van der Waals surface area (Å²) in [7, 11) is 0. The van der Waals surface area contributed by atoms with Gasteiger partial charge in [-0.1, -0.05) is 29.2 Å². The Morgan fingerprint density at radius 3 is 2.79 bits per heavy atom. The van der Waals surface area contributed by atoms with Crippen LogP contribution in [-0.2, 0) is 11.9 Å². The summed E-state index contributed by atoms with van der Waals surface area (Å²) in [6, 6.07) is 7.60. The molecule has 1 fully saturated rings. The van der Waals surface area contributed by atoms with Crippen molar-refractivity contribution >= 4 is 23.1 Å². The first-order chi connectivity index (χ1) is 13.3. The van der Waals surface area contributed by atoms with Crippen LogP contribution in [0.2, 0.25) is 0 Å². The number of rotatable bonds is 4. The van der Waals surface area contributed by atoms with Crippen molar-refractivity contribution in [3.05, 3.63) is 56.7 Å². The maximum Gasteiger partial charge on any atom is 0.416 e. The SMILES string of the molecule is Cc1cc2n(C3CC3)nc(SCc3ccc(C(F)(F)F)cc3C#N)sc=2[nH][nH]1.